The van der Waals surface area contributed by atoms with E-state index in [0.29, 0.717) is 16.8 Å². The zero-order valence-electron chi connectivity index (χ0n) is 19.9. The summed E-state index contributed by atoms with van der Waals surface area (Å²) >= 11 is 0.905. The highest BCUT2D eigenvalue weighted by molar-refractivity contribution is 7.17. The van der Waals surface area contributed by atoms with Gasteiger partial charge in [0.1, 0.15) is 23.1 Å². The van der Waals surface area contributed by atoms with E-state index >= 15 is 0 Å². The van der Waals surface area contributed by atoms with Gasteiger partial charge in [-0.2, -0.15) is 0 Å². The van der Waals surface area contributed by atoms with Crippen molar-refractivity contribution in [1.29, 1.82) is 0 Å². The number of ether oxygens (including phenoxy) is 1. The SMILES string of the molecule is C=CCOC(=O)c1sc(N2C(=O)C(=O)C(=C(O)c3ccc(C)c(F)c3)[C@H]2c2ccc(C)cc2)nc1C. The van der Waals surface area contributed by atoms with Crippen molar-refractivity contribution in [3.05, 3.63) is 99.3 Å². The number of halogens is 1. The Bertz CT molecular complexity index is 1420. The molecule has 1 amide bonds. The summed E-state index contributed by atoms with van der Waals surface area (Å²) < 4.78 is 19.4. The molecule has 1 saturated heterocycles. The van der Waals surface area contributed by atoms with Crippen molar-refractivity contribution in [3.63, 3.8) is 0 Å². The highest BCUT2D eigenvalue weighted by Crippen LogP contribution is 2.44. The maximum absolute atomic E-state index is 14.3. The third-order valence-electron chi connectivity index (χ3n) is 5.79. The van der Waals surface area contributed by atoms with Gasteiger partial charge in [0.05, 0.1) is 17.3 Å². The van der Waals surface area contributed by atoms with Crippen LogP contribution in [0.4, 0.5) is 9.52 Å². The second-order valence-electron chi connectivity index (χ2n) is 8.34. The van der Waals surface area contributed by atoms with Crippen molar-refractivity contribution >= 4 is 39.9 Å². The first-order valence-corrected chi connectivity index (χ1v) is 11.8. The van der Waals surface area contributed by atoms with Crippen molar-refractivity contribution in [1.82, 2.24) is 4.98 Å². The van der Waals surface area contributed by atoms with Gasteiger partial charge in [0.25, 0.3) is 5.78 Å². The van der Waals surface area contributed by atoms with Crippen LogP contribution in [-0.2, 0) is 14.3 Å². The lowest BCUT2D eigenvalue weighted by Crippen LogP contribution is -2.29. The number of hydrogen-bond acceptors (Lipinski definition) is 7. The fourth-order valence-corrected chi connectivity index (χ4v) is 4.85. The van der Waals surface area contributed by atoms with Crippen LogP contribution in [-0.4, -0.2) is 34.4 Å². The summed E-state index contributed by atoms with van der Waals surface area (Å²) in [6.07, 6.45) is 1.43. The number of carbonyl (C=O) groups is 3. The minimum absolute atomic E-state index is 0.00645. The molecule has 2 aromatic carbocycles. The van der Waals surface area contributed by atoms with Crippen LogP contribution in [0.15, 0.2) is 60.7 Å². The van der Waals surface area contributed by atoms with Gasteiger partial charge in [-0.25, -0.2) is 14.2 Å². The molecule has 0 radical (unpaired) electrons. The average Bonchev–Trinajstić information content (AvgIpc) is 3.36. The topological polar surface area (TPSA) is 96.8 Å². The molecule has 1 fully saturated rings. The van der Waals surface area contributed by atoms with Crippen molar-refractivity contribution in [3.8, 4) is 0 Å². The standard InChI is InChI=1S/C27H23FN2O5S/c1-5-12-35-26(34)24-16(4)29-27(36-24)30-21(17-9-6-14(2)7-10-17)20(23(32)25(30)33)22(31)18-11-8-15(3)19(28)13-18/h5-11,13,21,31H,1,12H2,2-4H3/t21-/m1/s1. The summed E-state index contributed by atoms with van der Waals surface area (Å²) in [6, 6.07) is 10.1. The Morgan fingerprint density at radius 2 is 1.89 bits per heavy atom. The monoisotopic (exact) mass is 506 g/mol. The van der Waals surface area contributed by atoms with E-state index in [9.17, 15) is 23.9 Å². The van der Waals surface area contributed by atoms with Crippen molar-refractivity contribution in [2.75, 3.05) is 11.5 Å². The van der Waals surface area contributed by atoms with Gasteiger partial charge in [0.2, 0.25) is 0 Å². The number of rotatable bonds is 6. The first-order valence-electron chi connectivity index (χ1n) is 11.0. The Labute approximate surface area is 211 Å². The number of aliphatic hydroxyl groups is 1. The summed E-state index contributed by atoms with van der Waals surface area (Å²) in [5, 5.41) is 11.2. The number of amides is 1. The molecular formula is C27H23FN2O5S. The Kier molecular flexibility index (Phi) is 6.85. The molecule has 0 spiro atoms. The Balaban J connectivity index is 1.89. The molecule has 0 bridgehead atoms. The molecule has 0 saturated carbocycles. The molecule has 1 aliphatic heterocycles. The molecule has 1 aliphatic rings. The van der Waals surface area contributed by atoms with E-state index in [4.69, 9.17) is 4.74 Å². The van der Waals surface area contributed by atoms with Gasteiger partial charge in [-0.15, -0.1) is 0 Å². The number of benzene rings is 2. The van der Waals surface area contributed by atoms with Crippen LogP contribution in [0.3, 0.4) is 0 Å². The summed E-state index contributed by atoms with van der Waals surface area (Å²) in [7, 11) is 0. The normalized spacial score (nSPS) is 16.9. The number of aliphatic hydroxyl groups excluding tert-OH is 1. The smallest absolute Gasteiger partial charge is 0.350 e. The Morgan fingerprint density at radius 1 is 1.19 bits per heavy atom. The van der Waals surface area contributed by atoms with E-state index < -0.39 is 35.3 Å². The Hall–Kier alpha value is -4.11. The fraction of sp³-hybridized carbons (Fsp3) is 0.185. The quantitative estimate of drug-likeness (QED) is 0.163. The molecule has 184 valence electrons. The molecule has 0 unspecified atom stereocenters. The van der Waals surface area contributed by atoms with Crippen LogP contribution < -0.4 is 4.90 Å². The molecule has 7 nitrogen and oxygen atoms in total. The van der Waals surface area contributed by atoms with E-state index in [1.165, 1.54) is 18.2 Å². The molecule has 3 aromatic rings. The first-order chi connectivity index (χ1) is 17.1. The average molecular weight is 507 g/mol. The third kappa shape index (κ3) is 4.45. The number of anilines is 1. The second-order valence-corrected chi connectivity index (χ2v) is 9.32. The number of Topliss-reactive ketones (excluding diaryl/α,β-unsaturated/α-hetero) is 1. The van der Waals surface area contributed by atoms with Gasteiger partial charge in [-0.1, -0.05) is 66.0 Å². The summed E-state index contributed by atoms with van der Waals surface area (Å²) in [5.41, 5.74) is 2.06. The summed E-state index contributed by atoms with van der Waals surface area (Å²) in [6.45, 7) is 8.58. The van der Waals surface area contributed by atoms with Gasteiger partial charge in [-0.05, 0) is 38.0 Å². The van der Waals surface area contributed by atoms with E-state index in [0.717, 1.165) is 27.9 Å². The number of nitrogens with zero attached hydrogens (tertiary/aromatic N) is 2. The van der Waals surface area contributed by atoms with Crippen LogP contribution in [0.5, 0.6) is 0 Å². The number of aryl methyl sites for hydroxylation is 3. The number of esters is 1. The van der Waals surface area contributed by atoms with Crippen molar-refractivity contribution < 1.29 is 28.6 Å². The minimum atomic E-state index is -1.04. The fourth-order valence-electron chi connectivity index (χ4n) is 3.86. The van der Waals surface area contributed by atoms with Crippen molar-refractivity contribution in [2.45, 2.75) is 26.8 Å². The van der Waals surface area contributed by atoms with Crippen LogP contribution in [0.1, 0.15) is 43.7 Å². The predicted molar refractivity (Wildman–Crippen MR) is 134 cm³/mol. The molecule has 1 aromatic heterocycles. The van der Waals surface area contributed by atoms with Crippen LogP contribution in [0.2, 0.25) is 0 Å². The third-order valence-corrected chi connectivity index (χ3v) is 6.93. The first kappa shape index (κ1) is 25.0. The zero-order valence-corrected chi connectivity index (χ0v) is 20.7. The van der Waals surface area contributed by atoms with E-state index in [-0.39, 0.29) is 27.8 Å². The number of aromatic nitrogens is 1. The molecule has 36 heavy (non-hydrogen) atoms. The zero-order chi connectivity index (χ0) is 26.1. The molecule has 1 atom stereocenters. The summed E-state index contributed by atoms with van der Waals surface area (Å²) in [5.74, 6) is -3.55. The van der Waals surface area contributed by atoms with Gasteiger partial charge in [0, 0.05) is 5.56 Å². The molecule has 4 rings (SSSR count). The lowest BCUT2D eigenvalue weighted by molar-refractivity contribution is -0.132. The molecule has 1 N–H and O–H groups in total. The number of thiazole rings is 1. The highest BCUT2D eigenvalue weighted by Gasteiger charge is 2.48. The van der Waals surface area contributed by atoms with Crippen LogP contribution in [0, 0.1) is 26.6 Å². The largest absolute Gasteiger partial charge is 0.507 e. The Morgan fingerprint density at radius 3 is 2.53 bits per heavy atom. The maximum Gasteiger partial charge on any atom is 0.350 e. The van der Waals surface area contributed by atoms with Gasteiger partial charge in [-0.3, -0.25) is 14.5 Å². The lowest BCUT2D eigenvalue weighted by Gasteiger charge is -2.23. The minimum Gasteiger partial charge on any atom is -0.507 e. The van der Waals surface area contributed by atoms with E-state index in [1.807, 2.05) is 19.1 Å². The molecule has 0 aliphatic carbocycles. The van der Waals surface area contributed by atoms with Gasteiger partial charge >= 0.3 is 11.9 Å². The van der Waals surface area contributed by atoms with E-state index in [2.05, 4.69) is 11.6 Å². The lowest BCUT2D eigenvalue weighted by atomic mass is 9.94. The number of carbonyl (C=O) groups excluding carboxylic acids is 3. The van der Waals surface area contributed by atoms with Gasteiger partial charge < -0.3 is 9.84 Å². The van der Waals surface area contributed by atoms with Crippen LogP contribution >= 0.6 is 11.3 Å². The van der Waals surface area contributed by atoms with Crippen molar-refractivity contribution in [2.24, 2.45) is 0 Å². The predicted octanol–water partition coefficient (Wildman–Crippen LogP) is 5.18. The van der Waals surface area contributed by atoms with E-state index in [1.54, 1.807) is 26.0 Å². The van der Waals surface area contributed by atoms with Crippen LogP contribution in [0.25, 0.3) is 5.76 Å². The highest BCUT2D eigenvalue weighted by atomic mass is 32.1. The maximum atomic E-state index is 14.3. The molecule has 2 heterocycles. The number of hydrogen-bond donors (Lipinski definition) is 1. The molecule has 9 heteroatoms. The summed E-state index contributed by atoms with van der Waals surface area (Å²) in [4.78, 5) is 44.7. The number of ketones is 1. The second kappa shape index (κ2) is 9.87. The molecular weight excluding hydrogens is 483 g/mol. The van der Waals surface area contributed by atoms with Gasteiger partial charge in [0.15, 0.2) is 5.13 Å².